The van der Waals surface area contributed by atoms with Gasteiger partial charge in [-0.05, 0) is 18.2 Å². The molecule has 1 aliphatic heterocycles. The van der Waals surface area contributed by atoms with E-state index in [1.807, 2.05) is 6.07 Å². The third kappa shape index (κ3) is 3.14. The van der Waals surface area contributed by atoms with Gasteiger partial charge >= 0.3 is 0 Å². The largest absolute Gasteiger partial charge is 0.423 e. The van der Waals surface area contributed by atoms with Crippen molar-refractivity contribution in [2.24, 2.45) is 0 Å². The number of sulfonamides is 1. The van der Waals surface area contributed by atoms with Gasteiger partial charge in [0.25, 0.3) is 0 Å². The van der Waals surface area contributed by atoms with E-state index in [9.17, 15) is 13.7 Å². The van der Waals surface area contributed by atoms with E-state index in [1.54, 1.807) is 6.92 Å². The van der Waals surface area contributed by atoms with Crippen LogP contribution in [0.1, 0.15) is 23.4 Å². The molecule has 0 spiro atoms. The van der Waals surface area contributed by atoms with E-state index in [4.69, 9.17) is 20.8 Å². The minimum absolute atomic E-state index is 0.000762. The zero-order chi connectivity index (χ0) is 17.3. The number of ether oxygens (including phenoxy) is 1. The summed E-state index contributed by atoms with van der Waals surface area (Å²) in [6, 6.07) is 5.96. The maximum Gasteiger partial charge on any atom is 0.246 e. The standard InChI is InChI=1S/C14H13ClN4O4S/c1-9-17-18-14(23-9)12-8-19(4-5-22-12)24(20,21)13-3-2-11(15)6-10(13)7-16/h2-3,6,12H,4-5,8H2,1H3/t12-/m1/s1. The summed E-state index contributed by atoms with van der Waals surface area (Å²) in [5.41, 5.74) is -0.000762. The smallest absolute Gasteiger partial charge is 0.246 e. The van der Waals surface area contributed by atoms with E-state index in [0.29, 0.717) is 10.9 Å². The Morgan fingerprint density at radius 2 is 2.21 bits per heavy atom. The normalized spacial score (nSPS) is 19.1. The molecule has 0 N–H and O–H groups in total. The molecule has 1 aromatic heterocycles. The first-order chi connectivity index (χ1) is 11.4. The number of aromatic nitrogens is 2. The first-order valence-corrected chi connectivity index (χ1v) is 8.85. The Morgan fingerprint density at radius 1 is 1.42 bits per heavy atom. The van der Waals surface area contributed by atoms with E-state index in [0.717, 1.165) is 0 Å². The number of hydrogen-bond acceptors (Lipinski definition) is 7. The fraction of sp³-hybridized carbons (Fsp3) is 0.357. The average Bonchev–Trinajstić information content (AvgIpc) is 3.01. The van der Waals surface area contributed by atoms with Crippen LogP contribution in [0.25, 0.3) is 0 Å². The first-order valence-electron chi connectivity index (χ1n) is 7.03. The average molecular weight is 369 g/mol. The second-order valence-electron chi connectivity index (χ2n) is 5.13. The van der Waals surface area contributed by atoms with Crippen LogP contribution >= 0.6 is 11.6 Å². The molecular formula is C14H13ClN4O4S. The minimum atomic E-state index is -3.87. The lowest BCUT2D eigenvalue weighted by Crippen LogP contribution is -2.42. The van der Waals surface area contributed by atoms with Crippen LogP contribution in [0.15, 0.2) is 27.5 Å². The lowest BCUT2D eigenvalue weighted by molar-refractivity contribution is -0.0176. The maximum atomic E-state index is 12.9. The molecular weight excluding hydrogens is 356 g/mol. The lowest BCUT2D eigenvalue weighted by Gasteiger charge is -2.30. The summed E-state index contributed by atoms with van der Waals surface area (Å²) in [4.78, 5) is -0.0863. The van der Waals surface area contributed by atoms with Crippen LogP contribution in [0.5, 0.6) is 0 Å². The van der Waals surface area contributed by atoms with Crippen LogP contribution in [0, 0.1) is 18.3 Å². The van der Waals surface area contributed by atoms with Crippen molar-refractivity contribution < 1.29 is 17.6 Å². The molecule has 0 unspecified atom stereocenters. The highest BCUT2D eigenvalue weighted by Gasteiger charge is 2.35. The number of hydrogen-bond donors (Lipinski definition) is 0. The van der Waals surface area contributed by atoms with E-state index < -0.39 is 16.1 Å². The Hall–Kier alpha value is -1.99. The lowest BCUT2D eigenvalue weighted by atomic mass is 10.2. The van der Waals surface area contributed by atoms with Gasteiger partial charge in [-0.3, -0.25) is 0 Å². The summed E-state index contributed by atoms with van der Waals surface area (Å²) < 4.78 is 37.8. The van der Waals surface area contributed by atoms with E-state index in [2.05, 4.69) is 10.2 Å². The molecule has 8 nitrogen and oxygen atoms in total. The van der Waals surface area contributed by atoms with Crippen LogP contribution in [-0.4, -0.2) is 42.6 Å². The van der Waals surface area contributed by atoms with Gasteiger partial charge in [-0.1, -0.05) is 11.6 Å². The predicted octanol–water partition coefficient (Wildman–Crippen LogP) is 1.67. The second kappa shape index (κ2) is 6.49. The zero-order valence-electron chi connectivity index (χ0n) is 12.6. The number of halogens is 1. The highest BCUT2D eigenvalue weighted by Crippen LogP contribution is 2.28. The molecule has 0 saturated carbocycles. The topological polar surface area (TPSA) is 109 Å². The Labute approximate surface area is 143 Å². The highest BCUT2D eigenvalue weighted by molar-refractivity contribution is 7.89. The second-order valence-corrected chi connectivity index (χ2v) is 7.48. The molecule has 1 aliphatic rings. The van der Waals surface area contributed by atoms with Gasteiger partial charge in [0, 0.05) is 25.0 Å². The minimum Gasteiger partial charge on any atom is -0.423 e. The Morgan fingerprint density at radius 3 is 2.88 bits per heavy atom. The monoisotopic (exact) mass is 368 g/mol. The van der Waals surface area contributed by atoms with Crippen molar-refractivity contribution in [1.82, 2.24) is 14.5 Å². The van der Waals surface area contributed by atoms with Gasteiger partial charge in [-0.2, -0.15) is 9.57 Å². The third-order valence-corrected chi connectivity index (χ3v) is 5.68. The van der Waals surface area contributed by atoms with Crippen LogP contribution in [0.2, 0.25) is 5.02 Å². The van der Waals surface area contributed by atoms with Crippen LogP contribution in [0.3, 0.4) is 0 Å². The van der Waals surface area contributed by atoms with Gasteiger partial charge in [0.2, 0.25) is 21.8 Å². The zero-order valence-corrected chi connectivity index (χ0v) is 14.2. The molecule has 0 amide bonds. The van der Waals surface area contributed by atoms with Crippen molar-refractivity contribution in [3.8, 4) is 6.07 Å². The summed E-state index contributed by atoms with van der Waals surface area (Å²) in [5, 5.41) is 17.1. The van der Waals surface area contributed by atoms with Gasteiger partial charge in [-0.15, -0.1) is 10.2 Å². The molecule has 0 radical (unpaired) electrons. The van der Waals surface area contributed by atoms with Crippen LogP contribution in [0.4, 0.5) is 0 Å². The predicted molar refractivity (Wildman–Crippen MR) is 82.7 cm³/mol. The Balaban J connectivity index is 1.91. The van der Waals surface area contributed by atoms with Gasteiger partial charge in [0.1, 0.15) is 17.1 Å². The van der Waals surface area contributed by atoms with Gasteiger partial charge in [-0.25, -0.2) is 8.42 Å². The summed E-state index contributed by atoms with van der Waals surface area (Å²) in [6.07, 6.45) is -0.646. The molecule has 2 aromatic rings. The molecule has 1 fully saturated rings. The summed E-state index contributed by atoms with van der Waals surface area (Å²) in [7, 11) is -3.87. The fourth-order valence-corrected chi connectivity index (χ4v) is 4.11. The fourth-order valence-electron chi connectivity index (χ4n) is 2.39. The van der Waals surface area contributed by atoms with Crippen molar-refractivity contribution in [3.05, 3.63) is 40.6 Å². The summed E-state index contributed by atoms with van der Waals surface area (Å²) >= 11 is 5.83. The van der Waals surface area contributed by atoms with Crippen LogP contribution in [-0.2, 0) is 14.8 Å². The molecule has 3 rings (SSSR count). The van der Waals surface area contributed by atoms with Crippen molar-refractivity contribution in [1.29, 1.82) is 5.26 Å². The van der Waals surface area contributed by atoms with Crippen LogP contribution < -0.4 is 0 Å². The van der Waals surface area contributed by atoms with Crippen molar-refractivity contribution in [2.75, 3.05) is 19.7 Å². The molecule has 0 aliphatic carbocycles. The number of nitriles is 1. The third-order valence-electron chi connectivity index (χ3n) is 3.53. The molecule has 24 heavy (non-hydrogen) atoms. The molecule has 0 bridgehead atoms. The molecule has 126 valence electrons. The molecule has 1 saturated heterocycles. The SMILES string of the molecule is Cc1nnc([C@H]2CN(S(=O)(=O)c3ccc(Cl)cc3C#N)CCO2)o1. The number of nitrogens with zero attached hydrogens (tertiary/aromatic N) is 4. The van der Waals surface area contributed by atoms with Gasteiger partial charge in [0.05, 0.1) is 12.2 Å². The van der Waals surface area contributed by atoms with Gasteiger partial charge in [0.15, 0.2) is 0 Å². The van der Waals surface area contributed by atoms with Gasteiger partial charge < -0.3 is 9.15 Å². The number of rotatable bonds is 3. The Kier molecular flexibility index (Phi) is 4.56. The van der Waals surface area contributed by atoms with E-state index in [1.165, 1.54) is 22.5 Å². The quantitative estimate of drug-likeness (QED) is 0.810. The van der Waals surface area contributed by atoms with E-state index >= 15 is 0 Å². The molecule has 1 atom stereocenters. The molecule has 1 aromatic carbocycles. The van der Waals surface area contributed by atoms with Crippen molar-refractivity contribution in [2.45, 2.75) is 17.9 Å². The Bertz CT molecular complexity index is 906. The number of benzene rings is 1. The maximum absolute atomic E-state index is 12.9. The first kappa shape index (κ1) is 16.9. The summed E-state index contributed by atoms with van der Waals surface area (Å²) in [6.45, 7) is 2.01. The number of morpholine rings is 1. The van der Waals surface area contributed by atoms with Crippen molar-refractivity contribution in [3.63, 3.8) is 0 Å². The highest BCUT2D eigenvalue weighted by atomic mass is 35.5. The van der Waals surface area contributed by atoms with Crippen molar-refractivity contribution >= 4 is 21.6 Å². The molecule has 10 heteroatoms. The number of aryl methyl sites for hydroxylation is 1. The summed E-state index contributed by atoms with van der Waals surface area (Å²) in [5.74, 6) is 0.599. The van der Waals surface area contributed by atoms with E-state index in [-0.39, 0.29) is 36.0 Å². The molecule has 2 heterocycles.